The predicted octanol–water partition coefficient (Wildman–Crippen LogP) is 1.46. The van der Waals surface area contributed by atoms with Crippen molar-refractivity contribution < 1.29 is 4.79 Å². The second-order valence-electron chi connectivity index (χ2n) is 6.31. The maximum absolute atomic E-state index is 12.7. The summed E-state index contributed by atoms with van der Waals surface area (Å²) in [7, 11) is 0. The van der Waals surface area contributed by atoms with Crippen molar-refractivity contribution in [3.63, 3.8) is 0 Å². The molecule has 2 saturated heterocycles. The highest BCUT2D eigenvalue weighted by molar-refractivity contribution is 5.93. The van der Waals surface area contributed by atoms with E-state index < -0.39 is 0 Å². The van der Waals surface area contributed by atoms with Gasteiger partial charge in [0, 0.05) is 25.5 Å². The fourth-order valence-corrected chi connectivity index (χ4v) is 3.90. The molecular formula is C17H16N6O. The first-order chi connectivity index (χ1) is 11.8. The molecule has 2 atom stereocenters. The Labute approximate surface area is 138 Å². The van der Waals surface area contributed by atoms with Gasteiger partial charge in [0.2, 0.25) is 0 Å². The molecule has 5 rings (SSSR count). The van der Waals surface area contributed by atoms with Gasteiger partial charge in [0.15, 0.2) is 0 Å². The molecule has 2 unspecified atom stereocenters. The normalized spacial score (nSPS) is 22.5. The predicted molar refractivity (Wildman–Crippen MR) is 88.7 cm³/mol. The van der Waals surface area contributed by atoms with Crippen molar-refractivity contribution in [1.82, 2.24) is 24.8 Å². The molecule has 24 heavy (non-hydrogen) atoms. The molecule has 2 fully saturated rings. The van der Waals surface area contributed by atoms with E-state index in [0.29, 0.717) is 11.7 Å². The van der Waals surface area contributed by atoms with E-state index in [1.54, 1.807) is 18.6 Å². The number of hydrogen-bond acceptors (Lipinski definition) is 5. The molecule has 2 bridgehead atoms. The summed E-state index contributed by atoms with van der Waals surface area (Å²) in [6, 6.07) is 7.98. The zero-order valence-corrected chi connectivity index (χ0v) is 13.0. The lowest BCUT2D eigenvalue weighted by molar-refractivity contribution is 0.0719. The van der Waals surface area contributed by atoms with Crippen LogP contribution in [0.1, 0.15) is 16.9 Å². The number of aromatic amines is 1. The molecule has 2 aliphatic heterocycles. The minimum atomic E-state index is 0.0252. The highest BCUT2D eigenvalue weighted by Gasteiger charge is 2.46. The van der Waals surface area contributed by atoms with Crippen LogP contribution in [-0.2, 0) is 0 Å². The maximum Gasteiger partial charge on any atom is 0.272 e. The number of nitrogens with zero attached hydrogens (tertiary/aromatic N) is 5. The molecule has 0 aromatic carbocycles. The highest BCUT2D eigenvalue weighted by Crippen LogP contribution is 2.36. The Morgan fingerprint density at radius 1 is 1.12 bits per heavy atom. The average molecular weight is 320 g/mol. The number of nitrogens with one attached hydrogen (secondary N) is 1. The van der Waals surface area contributed by atoms with Crippen LogP contribution in [0, 0.1) is 0 Å². The minimum Gasteiger partial charge on any atom is -0.349 e. The van der Waals surface area contributed by atoms with Crippen molar-refractivity contribution in [1.29, 1.82) is 0 Å². The smallest absolute Gasteiger partial charge is 0.272 e. The van der Waals surface area contributed by atoms with E-state index >= 15 is 0 Å². The number of amides is 1. The van der Waals surface area contributed by atoms with Gasteiger partial charge in [-0.2, -0.15) is 0 Å². The fourth-order valence-electron chi connectivity index (χ4n) is 3.90. The SMILES string of the molecule is O=C(c1ccccn1)N1CC2CC1CN2c1ncnc2[nH]ccc12. The summed E-state index contributed by atoms with van der Waals surface area (Å²) < 4.78 is 0. The van der Waals surface area contributed by atoms with Crippen molar-refractivity contribution in [2.75, 3.05) is 18.0 Å². The Morgan fingerprint density at radius 3 is 2.88 bits per heavy atom. The number of hydrogen-bond donors (Lipinski definition) is 1. The monoisotopic (exact) mass is 320 g/mol. The van der Waals surface area contributed by atoms with E-state index in [1.165, 1.54) is 0 Å². The Kier molecular flexibility index (Phi) is 2.82. The first kappa shape index (κ1) is 13.5. The Balaban J connectivity index is 1.41. The Morgan fingerprint density at radius 2 is 2.08 bits per heavy atom. The summed E-state index contributed by atoms with van der Waals surface area (Å²) >= 11 is 0. The first-order valence-electron chi connectivity index (χ1n) is 8.08. The number of fused-ring (bicyclic) bond motifs is 3. The Bertz CT molecular complexity index is 908. The number of likely N-dealkylation sites (tertiary alicyclic amines) is 1. The third-order valence-electron chi connectivity index (χ3n) is 4.99. The Hall–Kier alpha value is -2.96. The number of H-pyrrole nitrogens is 1. The van der Waals surface area contributed by atoms with Gasteiger partial charge < -0.3 is 14.8 Å². The van der Waals surface area contributed by atoms with Gasteiger partial charge in [-0.1, -0.05) is 6.07 Å². The van der Waals surface area contributed by atoms with Gasteiger partial charge in [0.1, 0.15) is 23.5 Å². The van der Waals surface area contributed by atoms with Crippen LogP contribution in [-0.4, -0.2) is 55.9 Å². The number of piperazine rings is 1. The second-order valence-corrected chi connectivity index (χ2v) is 6.31. The molecular weight excluding hydrogens is 304 g/mol. The quantitative estimate of drug-likeness (QED) is 0.773. The van der Waals surface area contributed by atoms with Gasteiger partial charge >= 0.3 is 0 Å². The summed E-state index contributed by atoms with van der Waals surface area (Å²) in [5, 5.41) is 1.03. The van der Waals surface area contributed by atoms with Crippen LogP contribution in [0.4, 0.5) is 5.82 Å². The van der Waals surface area contributed by atoms with E-state index in [9.17, 15) is 4.79 Å². The molecule has 0 aliphatic carbocycles. The van der Waals surface area contributed by atoms with Crippen LogP contribution in [0.3, 0.4) is 0 Å². The van der Waals surface area contributed by atoms with E-state index in [0.717, 1.165) is 36.4 Å². The summed E-state index contributed by atoms with van der Waals surface area (Å²) in [5.74, 6) is 0.982. The van der Waals surface area contributed by atoms with E-state index in [2.05, 4.69) is 24.8 Å². The van der Waals surface area contributed by atoms with Gasteiger partial charge in [-0.3, -0.25) is 9.78 Å². The van der Waals surface area contributed by atoms with Gasteiger partial charge in [0.05, 0.1) is 17.5 Å². The molecule has 2 aliphatic rings. The van der Waals surface area contributed by atoms with Crippen molar-refractivity contribution in [3.05, 3.63) is 48.7 Å². The number of aromatic nitrogens is 4. The lowest BCUT2D eigenvalue weighted by Gasteiger charge is -2.34. The van der Waals surface area contributed by atoms with Gasteiger partial charge in [-0.05, 0) is 24.6 Å². The van der Waals surface area contributed by atoms with Crippen molar-refractivity contribution >= 4 is 22.8 Å². The van der Waals surface area contributed by atoms with Crippen LogP contribution < -0.4 is 4.90 Å². The molecule has 3 aromatic heterocycles. The fraction of sp³-hybridized carbons (Fsp3) is 0.294. The summed E-state index contributed by atoms with van der Waals surface area (Å²) in [4.78, 5) is 33.0. The zero-order chi connectivity index (χ0) is 16.1. The minimum absolute atomic E-state index is 0.0252. The van der Waals surface area contributed by atoms with Crippen molar-refractivity contribution in [2.45, 2.75) is 18.5 Å². The van der Waals surface area contributed by atoms with Gasteiger partial charge in [0.25, 0.3) is 5.91 Å². The lowest BCUT2D eigenvalue weighted by atomic mass is 10.2. The summed E-state index contributed by atoms with van der Waals surface area (Å²) in [6.07, 6.45) is 6.12. The topological polar surface area (TPSA) is 78.0 Å². The third-order valence-corrected chi connectivity index (χ3v) is 4.99. The largest absolute Gasteiger partial charge is 0.349 e. The molecule has 5 heterocycles. The molecule has 7 nitrogen and oxygen atoms in total. The van der Waals surface area contributed by atoms with Crippen LogP contribution in [0.2, 0.25) is 0 Å². The highest BCUT2D eigenvalue weighted by atomic mass is 16.2. The first-order valence-corrected chi connectivity index (χ1v) is 8.08. The molecule has 1 amide bonds. The van der Waals surface area contributed by atoms with Crippen molar-refractivity contribution in [2.24, 2.45) is 0 Å². The van der Waals surface area contributed by atoms with Crippen LogP contribution >= 0.6 is 0 Å². The van der Waals surface area contributed by atoms with Gasteiger partial charge in [-0.15, -0.1) is 0 Å². The van der Waals surface area contributed by atoms with Crippen LogP contribution in [0.15, 0.2) is 43.0 Å². The third kappa shape index (κ3) is 1.90. The second kappa shape index (κ2) is 5.02. The van der Waals surface area contributed by atoms with Crippen molar-refractivity contribution in [3.8, 4) is 0 Å². The number of carbonyl (C=O) groups excluding carboxylic acids is 1. The molecule has 0 radical (unpaired) electrons. The number of rotatable bonds is 2. The number of anilines is 1. The standard InChI is InChI=1S/C17H16N6O/c24-17(14-3-1-2-5-18-14)23-9-11-7-12(23)8-22(11)16-13-4-6-19-15(13)20-10-21-16/h1-6,10-12H,7-9H2,(H,19,20,21). The van der Waals surface area contributed by atoms with E-state index in [1.807, 2.05) is 29.3 Å². The molecule has 0 saturated carbocycles. The molecule has 3 aromatic rings. The summed E-state index contributed by atoms with van der Waals surface area (Å²) in [5.41, 5.74) is 1.37. The number of pyridine rings is 1. The molecule has 120 valence electrons. The maximum atomic E-state index is 12.7. The van der Waals surface area contributed by atoms with Gasteiger partial charge in [-0.25, -0.2) is 9.97 Å². The van der Waals surface area contributed by atoms with Crippen LogP contribution in [0.5, 0.6) is 0 Å². The zero-order valence-electron chi connectivity index (χ0n) is 13.0. The number of carbonyl (C=O) groups is 1. The molecule has 1 N–H and O–H groups in total. The molecule has 7 heteroatoms. The molecule has 0 spiro atoms. The van der Waals surface area contributed by atoms with Crippen LogP contribution in [0.25, 0.3) is 11.0 Å². The average Bonchev–Trinajstić information content (AvgIpc) is 3.36. The van der Waals surface area contributed by atoms with E-state index in [-0.39, 0.29) is 11.9 Å². The lowest BCUT2D eigenvalue weighted by Crippen LogP contribution is -2.49. The van der Waals surface area contributed by atoms with E-state index in [4.69, 9.17) is 0 Å². The summed E-state index contributed by atoms with van der Waals surface area (Å²) in [6.45, 7) is 1.52.